The number of nitrogens with two attached hydrogens (primary N) is 1. The fourth-order valence-corrected chi connectivity index (χ4v) is 4.38. The third kappa shape index (κ3) is 4.71. The number of piperidine rings is 1. The van der Waals surface area contributed by atoms with Crippen molar-refractivity contribution >= 4 is 45.8 Å². The minimum absolute atomic E-state index is 0.182. The molecule has 4 N–H and O–H groups in total. The van der Waals surface area contributed by atoms with Gasteiger partial charge in [0.1, 0.15) is 11.0 Å². The van der Waals surface area contributed by atoms with Crippen molar-refractivity contribution in [3.05, 3.63) is 35.3 Å². The van der Waals surface area contributed by atoms with Crippen LogP contribution in [0.2, 0.25) is 0 Å². The van der Waals surface area contributed by atoms with E-state index >= 15 is 0 Å². The normalized spacial score (nSPS) is 21.1. The molecule has 2 atom stereocenters. The number of nitrogens with zero attached hydrogens (tertiary/aromatic N) is 3. The summed E-state index contributed by atoms with van der Waals surface area (Å²) in [5.41, 5.74) is 7.15. The molecular formula is C20H23N5O5S. The van der Waals surface area contributed by atoms with E-state index in [1.54, 1.807) is 0 Å². The molecule has 10 nitrogen and oxygen atoms in total. The Morgan fingerprint density at radius 1 is 1.26 bits per heavy atom. The van der Waals surface area contributed by atoms with Gasteiger partial charge >= 0.3 is 12.1 Å². The molecule has 2 aromatic rings. The van der Waals surface area contributed by atoms with E-state index in [9.17, 15) is 19.5 Å². The third-order valence-electron chi connectivity index (χ3n) is 5.41. The Kier molecular flexibility index (Phi) is 5.94. The molecule has 164 valence electrons. The summed E-state index contributed by atoms with van der Waals surface area (Å²) in [4.78, 5) is 43.5. The van der Waals surface area contributed by atoms with Crippen molar-refractivity contribution in [3.63, 3.8) is 0 Å². The van der Waals surface area contributed by atoms with Crippen LogP contribution in [-0.4, -0.2) is 60.3 Å². The molecular weight excluding hydrogens is 422 g/mol. The Hall–Kier alpha value is -3.34. The summed E-state index contributed by atoms with van der Waals surface area (Å²) in [6.45, 7) is 1.78. The zero-order valence-corrected chi connectivity index (χ0v) is 17.5. The standard InChI is InChI=1S/C20H23N5O5S/c21-19-23-9-16(31-19)17(26)22-8-15-11-25(20(29)30-15)14-5-3-13(4-6-14)24-7-1-2-12(10-24)18(27)28/h3-6,9,12,15H,1-2,7-8,10-11H2,(H2,21,23)(H,22,26)(H,27,28)/t12?,15-/m1/s1. The summed E-state index contributed by atoms with van der Waals surface area (Å²) < 4.78 is 5.37. The van der Waals surface area contributed by atoms with E-state index in [1.165, 1.54) is 11.1 Å². The molecule has 0 aliphatic carbocycles. The summed E-state index contributed by atoms with van der Waals surface area (Å²) in [6.07, 6.45) is 1.99. The van der Waals surface area contributed by atoms with E-state index in [-0.39, 0.29) is 18.4 Å². The number of nitrogen functional groups attached to an aromatic ring is 1. The molecule has 4 rings (SSSR count). The van der Waals surface area contributed by atoms with Gasteiger partial charge in [-0.3, -0.25) is 14.5 Å². The summed E-state index contributed by atoms with van der Waals surface area (Å²) in [7, 11) is 0. The molecule has 2 aliphatic heterocycles. The molecule has 2 aliphatic rings. The molecule has 1 aromatic heterocycles. The first-order valence-corrected chi connectivity index (χ1v) is 10.8. The highest BCUT2D eigenvalue weighted by atomic mass is 32.1. The summed E-state index contributed by atoms with van der Waals surface area (Å²) in [5.74, 6) is -1.44. The Morgan fingerprint density at radius 2 is 2.00 bits per heavy atom. The topological polar surface area (TPSA) is 138 Å². The predicted octanol–water partition coefficient (Wildman–Crippen LogP) is 1.78. The number of thiazole rings is 1. The number of rotatable bonds is 6. The van der Waals surface area contributed by atoms with Gasteiger partial charge in [0.15, 0.2) is 5.13 Å². The van der Waals surface area contributed by atoms with Crippen molar-refractivity contribution in [1.29, 1.82) is 0 Å². The predicted molar refractivity (Wildman–Crippen MR) is 115 cm³/mol. The number of carboxylic acids is 1. The summed E-state index contributed by atoms with van der Waals surface area (Å²) in [5, 5.41) is 12.3. The lowest BCUT2D eigenvalue weighted by molar-refractivity contribution is -0.141. The maximum Gasteiger partial charge on any atom is 0.414 e. The molecule has 3 heterocycles. The molecule has 1 unspecified atom stereocenters. The fraction of sp³-hybridized carbons (Fsp3) is 0.400. The number of benzene rings is 1. The molecule has 1 aromatic carbocycles. The molecule has 2 amide bonds. The molecule has 0 bridgehead atoms. The smallest absolute Gasteiger partial charge is 0.414 e. The molecule has 31 heavy (non-hydrogen) atoms. The van der Waals surface area contributed by atoms with Gasteiger partial charge in [-0.25, -0.2) is 9.78 Å². The maximum absolute atomic E-state index is 12.3. The number of cyclic esters (lactones) is 1. The average Bonchev–Trinajstić information content (AvgIpc) is 3.37. The van der Waals surface area contributed by atoms with Gasteiger partial charge in [-0.15, -0.1) is 0 Å². The van der Waals surface area contributed by atoms with E-state index < -0.39 is 18.2 Å². The van der Waals surface area contributed by atoms with Crippen molar-refractivity contribution in [1.82, 2.24) is 10.3 Å². The summed E-state index contributed by atoms with van der Waals surface area (Å²) in [6, 6.07) is 7.41. The zero-order valence-electron chi connectivity index (χ0n) is 16.7. The minimum Gasteiger partial charge on any atom is -0.481 e. The van der Waals surface area contributed by atoms with E-state index in [0.717, 1.165) is 30.0 Å². The van der Waals surface area contributed by atoms with Crippen LogP contribution >= 0.6 is 11.3 Å². The highest BCUT2D eigenvalue weighted by Gasteiger charge is 2.33. The first kappa shape index (κ1) is 20.9. The second-order valence-corrected chi connectivity index (χ2v) is 8.59. The van der Waals surface area contributed by atoms with E-state index in [0.29, 0.717) is 35.2 Å². The fourth-order valence-electron chi connectivity index (χ4n) is 3.78. The number of carbonyl (C=O) groups excluding carboxylic acids is 2. The second kappa shape index (κ2) is 8.80. The average molecular weight is 446 g/mol. The minimum atomic E-state index is -0.766. The van der Waals surface area contributed by atoms with Crippen molar-refractivity contribution in [3.8, 4) is 0 Å². The van der Waals surface area contributed by atoms with Gasteiger partial charge < -0.3 is 25.8 Å². The van der Waals surface area contributed by atoms with E-state index in [2.05, 4.69) is 15.2 Å². The number of ether oxygens (including phenoxy) is 1. The van der Waals surface area contributed by atoms with Crippen molar-refractivity contribution in [2.24, 2.45) is 5.92 Å². The highest BCUT2D eigenvalue weighted by Crippen LogP contribution is 2.28. The molecule has 0 radical (unpaired) electrons. The van der Waals surface area contributed by atoms with Crippen molar-refractivity contribution in [2.75, 3.05) is 41.7 Å². The number of nitrogens with one attached hydrogen (secondary N) is 1. The zero-order chi connectivity index (χ0) is 22.0. The van der Waals surface area contributed by atoms with E-state index in [1.807, 2.05) is 24.3 Å². The van der Waals surface area contributed by atoms with Crippen LogP contribution in [0.5, 0.6) is 0 Å². The third-order valence-corrected chi connectivity index (χ3v) is 6.23. The van der Waals surface area contributed by atoms with Crippen LogP contribution in [0.4, 0.5) is 21.3 Å². The van der Waals surface area contributed by atoms with Crippen LogP contribution in [0.3, 0.4) is 0 Å². The molecule has 2 fully saturated rings. The van der Waals surface area contributed by atoms with Crippen LogP contribution in [-0.2, 0) is 9.53 Å². The number of aromatic nitrogens is 1. The van der Waals surface area contributed by atoms with Gasteiger partial charge in [0.2, 0.25) is 0 Å². The van der Waals surface area contributed by atoms with Crippen LogP contribution in [0.25, 0.3) is 0 Å². The van der Waals surface area contributed by atoms with Crippen LogP contribution < -0.4 is 20.9 Å². The first-order chi connectivity index (χ1) is 14.9. The summed E-state index contributed by atoms with van der Waals surface area (Å²) >= 11 is 1.09. The number of hydrogen-bond donors (Lipinski definition) is 3. The monoisotopic (exact) mass is 445 g/mol. The first-order valence-electron chi connectivity index (χ1n) is 9.96. The Labute approximate surface area is 182 Å². The number of aliphatic carboxylic acids is 1. The van der Waals surface area contributed by atoms with Gasteiger partial charge in [-0.2, -0.15) is 0 Å². The quantitative estimate of drug-likeness (QED) is 0.612. The maximum atomic E-state index is 12.3. The Balaban J connectivity index is 1.33. The van der Waals surface area contributed by atoms with Gasteiger partial charge in [0, 0.05) is 24.5 Å². The van der Waals surface area contributed by atoms with E-state index in [4.69, 9.17) is 10.5 Å². The van der Waals surface area contributed by atoms with Crippen molar-refractivity contribution < 1.29 is 24.2 Å². The Morgan fingerprint density at radius 3 is 2.68 bits per heavy atom. The number of carbonyl (C=O) groups is 3. The van der Waals surface area contributed by atoms with Crippen LogP contribution in [0.15, 0.2) is 30.5 Å². The number of amides is 2. The van der Waals surface area contributed by atoms with Gasteiger partial charge in [0.05, 0.1) is 25.2 Å². The van der Waals surface area contributed by atoms with Gasteiger partial charge in [-0.1, -0.05) is 11.3 Å². The number of carboxylic acid groups (broad SMARTS) is 1. The molecule has 2 saturated heterocycles. The second-order valence-electron chi connectivity index (χ2n) is 7.53. The Bertz CT molecular complexity index is 979. The van der Waals surface area contributed by atoms with Crippen LogP contribution in [0.1, 0.15) is 22.5 Å². The largest absolute Gasteiger partial charge is 0.481 e. The lowest BCUT2D eigenvalue weighted by atomic mass is 9.98. The molecule has 0 spiro atoms. The number of hydrogen-bond acceptors (Lipinski definition) is 8. The lowest BCUT2D eigenvalue weighted by Crippen LogP contribution is -2.38. The lowest BCUT2D eigenvalue weighted by Gasteiger charge is -2.32. The highest BCUT2D eigenvalue weighted by molar-refractivity contribution is 7.17. The van der Waals surface area contributed by atoms with Crippen LogP contribution in [0, 0.1) is 5.92 Å². The number of anilines is 3. The molecule has 11 heteroatoms. The van der Waals surface area contributed by atoms with Gasteiger partial charge in [-0.05, 0) is 37.1 Å². The van der Waals surface area contributed by atoms with Gasteiger partial charge in [0.25, 0.3) is 5.91 Å². The SMILES string of the molecule is Nc1ncc(C(=O)NC[C@@H]2CN(c3ccc(N4CCCC(C(=O)O)C4)cc3)C(=O)O2)s1. The molecule has 0 saturated carbocycles. The van der Waals surface area contributed by atoms with Crippen molar-refractivity contribution in [2.45, 2.75) is 18.9 Å².